The van der Waals surface area contributed by atoms with E-state index < -0.39 is 71.4 Å². The van der Waals surface area contributed by atoms with Gasteiger partial charge in [0.15, 0.2) is 11.6 Å². The molecule has 2 unspecified atom stereocenters. The van der Waals surface area contributed by atoms with Crippen molar-refractivity contribution in [3.8, 4) is 0 Å². The van der Waals surface area contributed by atoms with Gasteiger partial charge in [0, 0.05) is 49.7 Å². The number of nitrogens with one attached hydrogen (secondary N) is 2. The molecule has 3 rings (SSSR count). The third kappa shape index (κ3) is 9.49. The Labute approximate surface area is 252 Å². The van der Waals surface area contributed by atoms with Crippen molar-refractivity contribution in [3.63, 3.8) is 0 Å². The van der Waals surface area contributed by atoms with E-state index in [0.29, 0.717) is 18.7 Å². The smallest absolute Gasteiger partial charge is 0.326 e. The van der Waals surface area contributed by atoms with Crippen molar-refractivity contribution in [2.24, 2.45) is 5.73 Å². The number of esters is 1. The first-order chi connectivity index (χ1) is 20.9. The Morgan fingerprint density at radius 2 is 1.77 bits per heavy atom. The second-order valence-corrected chi connectivity index (χ2v) is 10.5. The summed E-state index contributed by atoms with van der Waals surface area (Å²) in [5.74, 6) is -6.74. The number of hydrogen-bond acceptors (Lipinski definition) is 8. The zero-order valence-corrected chi connectivity index (χ0v) is 24.4. The molecule has 0 aromatic heterocycles. The Hall–Kier alpha value is -4.01. The number of carbonyl (C=O) groups is 4. The normalized spacial score (nSPS) is 18.4. The van der Waals surface area contributed by atoms with Gasteiger partial charge in [-0.05, 0) is 31.9 Å². The molecule has 1 aliphatic heterocycles. The highest BCUT2D eigenvalue weighted by atomic mass is 19.2. The van der Waals surface area contributed by atoms with E-state index in [1.54, 1.807) is 31.2 Å². The second-order valence-electron chi connectivity index (χ2n) is 10.5. The lowest BCUT2D eigenvalue weighted by atomic mass is 10.0. The first-order valence-corrected chi connectivity index (χ1v) is 14.2. The van der Waals surface area contributed by atoms with Gasteiger partial charge in [-0.15, -0.1) is 0 Å². The minimum atomic E-state index is -1.36. The van der Waals surface area contributed by atoms with Crippen LogP contribution in [0.2, 0.25) is 0 Å². The van der Waals surface area contributed by atoms with Gasteiger partial charge < -0.3 is 30.5 Å². The molecule has 14 heteroatoms. The van der Waals surface area contributed by atoms with Crippen LogP contribution in [-0.4, -0.2) is 77.7 Å². The second kappa shape index (κ2) is 16.2. The number of rotatable bonds is 15. The number of nitrogens with two attached hydrogens (primary N) is 1. The standard InChI is InChI=1S/C30H37F3N4O7/c1-3-43-16-25(30(42)44-15-18-7-5-4-6-8-18)35-17(2)28(39)37-14-19(11-26(37)29(40)41)36-27(38)10-9-24(34)20-12-22(32)23(33)13-21(20)31/h4-8,12-13,17,19,24-26,35H,3,9-11,14-16,34H2,1-2H3,(H,36,38)(H,40,41)/t17-,19-,24?,25?,26-/m0/s1. The molecule has 0 radical (unpaired) electrons. The monoisotopic (exact) mass is 622 g/mol. The third-order valence-corrected chi connectivity index (χ3v) is 7.17. The van der Waals surface area contributed by atoms with Crippen molar-refractivity contribution in [1.82, 2.24) is 15.5 Å². The first kappa shape index (κ1) is 34.5. The fraction of sp³-hybridized carbons (Fsp3) is 0.467. The fourth-order valence-corrected chi connectivity index (χ4v) is 4.85. The maximum Gasteiger partial charge on any atom is 0.326 e. The highest BCUT2D eigenvalue weighted by Crippen LogP contribution is 2.23. The van der Waals surface area contributed by atoms with Crippen LogP contribution in [0.25, 0.3) is 0 Å². The average molecular weight is 623 g/mol. The van der Waals surface area contributed by atoms with Crippen molar-refractivity contribution in [3.05, 3.63) is 71.0 Å². The van der Waals surface area contributed by atoms with E-state index in [9.17, 15) is 37.5 Å². The highest BCUT2D eigenvalue weighted by molar-refractivity contribution is 5.88. The molecule has 0 saturated carbocycles. The molecule has 240 valence electrons. The molecular formula is C30H37F3N4O7. The molecule has 0 aliphatic carbocycles. The average Bonchev–Trinajstić information content (AvgIpc) is 3.42. The van der Waals surface area contributed by atoms with E-state index in [4.69, 9.17) is 15.2 Å². The van der Waals surface area contributed by atoms with Crippen molar-refractivity contribution >= 4 is 23.8 Å². The van der Waals surface area contributed by atoms with E-state index in [2.05, 4.69) is 10.6 Å². The molecule has 11 nitrogen and oxygen atoms in total. The number of benzene rings is 2. The number of nitrogens with zero attached hydrogens (tertiary/aromatic N) is 1. The molecule has 0 bridgehead atoms. The Morgan fingerprint density at radius 3 is 2.43 bits per heavy atom. The van der Waals surface area contributed by atoms with Gasteiger partial charge in [-0.25, -0.2) is 18.0 Å². The van der Waals surface area contributed by atoms with Crippen molar-refractivity contribution < 1.29 is 46.9 Å². The van der Waals surface area contributed by atoms with Crippen LogP contribution >= 0.6 is 0 Å². The van der Waals surface area contributed by atoms with Crippen molar-refractivity contribution in [2.45, 2.75) is 69.9 Å². The summed E-state index contributed by atoms with van der Waals surface area (Å²) in [6.45, 7) is 3.34. The number of ether oxygens (including phenoxy) is 2. The van der Waals surface area contributed by atoms with Gasteiger partial charge in [0.25, 0.3) is 0 Å². The van der Waals surface area contributed by atoms with Crippen LogP contribution in [-0.2, 0) is 35.3 Å². The number of halogens is 3. The lowest BCUT2D eigenvalue weighted by molar-refractivity contribution is -0.152. The Bertz CT molecular complexity index is 1320. The maximum atomic E-state index is 14.0. The largest absolute Gasteiger partial charge is 0.480 e. The molecule has 0 spiro atoms. The molecule has 5 N–H and O–H groups in total. The maximum absolute atomic E-state index is 14.0. The van der Waals surface area contributed by atoms with E-state index in [1.165, 1.54) is 6.92 Å². The summed E-state index contributed by atoms with van der Waals surface area (Å²) < 4.78 is 51.5. The quantitative estimate of drug-likeness (QED) is 0.172. The number of hydrogen-bond donors (Lipinski definition) is 4. The summed E-state index contributed by atoms with van der Waals surface area (Å²) in [5, 5.41) is 15.3. The van der Waals surface area contributed by atoms with E-state index >= 15 is 0 Å². The van der Waals surface area contributed by atoms with Crippen molar-refractivity contribution in [2.75, 3.05) is 19.8 Å². The van der Waals surface area contributed by atoms with Gasteiger partial charge in [0.05, 0.1) is 12.6 Å². The molecule has 1 saturated heterocycles. The fourth-order valence-electron chi connectivity index (χ4n) is 4.85. The van der Waals surface area contributed by atoms with Gasteiger partial charge in [0.2, 0.25) is 11.8 Å². The van der Waals surface area contributed by atoms with Crippen LogP contribution in [0.15, 0.2) is 42.5 Å². The minimum Gasteiger partial charge on any atom is -0.480 e. The summed E-state index contributed by atoms with van der Waals surface area (Å²) in [6.07, 6.45) is -0.400. The number of carboxylic acid groups (broad SMARTS) is 1. The minimum absolute atomic E-state index is 0.0154. The van der Waals surface area contributed by atoms with Crippen LogP contribution in [0.1, 0.15) is 50.3 Å². The SMILES string of the molecule is CCOCC(N[C@@H](C)C(=O)N1C[C@@H](NC(=O)CCC(N)c2cc(F)c(F)cc2F)C[C@H]1C(=O)O)C(=O)OCc1ccccc1. The van der Waals surface area contributed by atoms with Crippen LogP contribution < -0.4 is 16.4 Å². The third-order valence-electron chi connectivity index (χ3n) is 7.17. The topological polar surface area (TPSA) is 160 Å². The molecule has 5 atom stereocenters. The predicted octanol–water partition coefficient (Wildman–Crippen LogP) is 2.18. The Morgan fingerprint density at radius 1 is 1.09 bits per heavy atom. The number of aliphatic carboxylic acids is 1. The van der Waals surface area contributed by atoms with Gasteiger partial charge in [-0.2, -0.15) is 0 Å². The van der Waals surface area contributed by atoms with Crippen LogP contribution in [0.5, 0.6) is 0 Å². The molecule has 1 fully saturated rings. The number of likely N-dealkylation sites (tertiary alicyclic amines) is 1. The molecule has 2 amide bonds. The highest BCUT2D eigenvalue weighted by Gasteiger charge is 2.42. The lowest BCUT2D eigenvalue weighted by Crippen LogP contribution is -2.54. The van der Waals surface area contributed by atoms with E-state index in [0.717, 1.165) is 10.5 Å². The van der Waals surface area contributed by atoms with Gasteiger partial charge in [-0.1, -0.05) is 30.3 Å². The van der Waals surface area contributed by atoms with E-state index in [-0.39, 0.29) is 44.6 Å². The molecule has 44 heavy (non-hydrogen) atoms. The number of carbonyl (C=O) groups excluding carboxylic acids is 3. The first-order valence-electron chi connectivity index (χ1n) is 14.2. The molecule has 1 heterocycles. The van der Waals surface area contributed by atoms with Crippen LogP contribution in [0.3, 0.4) is 0 Å². The summed E-state index contributed by atoms with van der Waals surface area (Å²) >= 11 is 0. The Balaban J connectivity index is 1.57. The molecular weight excluding hydrogens is 585 g/mol. The Kier molecular flexibility index (Phi) is 12.7. The summed E-state index contributed by atoms with van der Waals surface area (Å²) in [5.41, 5.74) is 6.37. The number of carboxylic acids is 1. The molecule has 1 aliphatic rings. The number of amides is 2. The zero-order chi connectivity index (χ0) is 32.4. The van der Waals surface area contributed by atoms with Crippen molar-refractivity contribution in [1.29, 1.82) is 0 Å². The predicted molar refractivity (Wildman–Crippen MR) is 151 cm³/mol. The van der Waals surface area contributed by atoms with Gasteiger partial charge in [0.1, 0.15) is 24.5 Å². The molecule has 2 aromatic rings. The molecule has 2 aromatic carbocycles. The zero-order valence-electron chi connectivity index (χ0n) is 24.4. The lowest BCUT2D eigenvalue weighted by Gasteiger charge is -2.27. The van der Waals surface area contributed by atoms with Gasteiger partial charge >= 0.3 is 11.9 Å². The van der Waals surface area contributed by atoms with Crippen LogP contribution in [0.4, 0.5) is 13.2 Å². The van der Waals surface area contributed by atoms with E-state index in [1.807, 2.05) is 6.07 Å². The summed E-state index contributed by atoms with van der Waals surface area (Å²) in [7, 11) is 0. The van der Waals surface area contributed by atoms with Crippen LogP contribution in [0, 0.1) is 17.5 Å². The van der Waals surface area contributed by atoms with Gasteiger partial charge in [-0.3, -0.25) is 19.7 Å². The summed E-state index contributed by atoms with van der Waals surface area (Å²) in [6, 6.07) is 4.96. The summed E-state index contributed by atoms with van der Waals surface area (Å²) in [4.78, 5) is 51.8.